The average Bonchev–Trinajstić information content (AvgIpc) is 2.73. The highest BCUT2D eigenvalue weighted by molar-refractivity contribution is 5.98. The Morgan fingerprint density at radius 1 is 0.714 bits per heavy atom. The minimum absolute atomic E-state index is 0.949. The molecule has 0 heterocycles. The van der Waals surface area contributed by atoms with Gasteiger partial charge < -0.3 is 4.90 Å². The fourth-order valence-corrected chi connectivity index (χ4v) is 3.45. The van der Waals surface area contributed by atoms with Crippen LogP contribution < -0.4 is 0 Å². The van der Waals surface area contributed by atoms with Crippen LogP contribution in [0.1, 0.15) is 35.6 Å². The molecule has 3 aromatic carbocycles. The van der Waals surface area contributed by atoms with Gasteiger partial charge in [0, 0.05) is 6.54 Å². The van der Waals surface area contributed by atoms with Crippen molar-refractivity contribution in [2.45, 2.75) is 13.3 Å². The molecule has 1 nitrogen and oxygen atoms in total. The molecule has 0 radical (unpaired) electrons. The second-order valence-corrected chi connectivity index (χ2v) is 7.23. The maximum absolute atomic E-state index is 2.25. The molecule has 0 fully saturated rings. The Morgan fingerprint density at radius 3 is 1.79 bits per heavy atom. The maximum Gasteiger partial charge on any atom is 0.0160 e. The van der Waals surface area contributed by atoms with E-state index in [0.29, 0.717) is 0 Å². The Kier molecular flexibility index (Phi) is 7.00. The number of allylic oxidation sites excluding steroid dienone is 1. The number of benzene rings is 3. The van der Waals surface area contributed by atoms with Crippen LogP contribution in [0.5, 0.6) is 0 Å². The fourth-order valence-electron chi connectivity index (χ4n) is 3.45. The molecule has 0 atom stereocenters. The first-order valence-corrected chi connectivity index (χ1v) is 9.94. The summed E-state index contributed by atoms with van der Waals surface area (Å²) in [5.74, 6) is 0. The predicted molar refractivity (Wildman–Crippen MR) is 123 cm³/mol. The first-order chi connectivity index (χ1) is 13.7. The summed E-state index contributed by atoms with van der Waals surface area (Å²) < 4.78 is 0. The van der Waals surface area contributed by atoms with Crippen molar-refractivity contribution in [3.8, 4) is 0 Å². The van der Waals surface area contributed by atoms with Gasteiger partial charge in [0.05, 0.1) is 0 Å². The molecule has 3 rings (SSSR count). The van der Waals surface area contributed by atoms with Gasteiger partial charge in [-0.15, -0.1) is 0 Å². The number of rotatable bonds is 7. The van der Waals surface area contributed by atoms with Gasteiger partial charge in [-0.05, 0) is 53.9 Å². The Balaban J connectivity index is 2.06. The van der Waals surface area contributed by atoms with Crippen molar-refractivity contribution < 1.29 is 0 Å². The van der Waals surface area contributed by atoms with Gasteiger partial charge in [-0.25, -0.2) is 0 Å². The molecular weight excluding hydrogens is 338 g/mol. The van der Waals surface area contributed by atoms with Crippen LogP contribution in [0.4, 0.5) is 0 Å². The second-order valence-electron chi connectivity index (χ2n) is 7.23. The van der Waals surface area contributed by atoms with Crippen LogP contribution in [-0.4, -0.2) is 25.5 Å². The minimum atomic E-state index is 0.949. The summed E-state index contributed by atoms with van der Waals surface area (Å²) >= 11 is 0. The molecule has 28 heavy (non-hydrogen) atoms. The summed E-state index contributed by atoms with van der Waals surface area (Å²) in [5, 5.41) is 0. The standard InChI is InChI=1S/C27H29N/c1-4-26(23-13-7-5-8-14-23)27(24-15-9-6-10-16-24)25-19-17-22(18-20-25)12-11-21-28(2)3/h5-20H,4,21H2,1-3H3. The van der Waals surface area contributed by atoms with E-state index in [4.69, 9.17) is 0 Å². The summed E-state index contributed by atoms with van der Waals surface area (Å²) in [6.07, 6.45) is 5.37. The molecule has 0 aromatic heterocycles. The van der Waals surface area contributed by atoms with E-state index in [9.17, 15) is 0 Å². The summed E-state index contributed by atoms with van der Waals surface area (Å²) in [6.45, 7) is 3.19. The van der Waals surface area contributed by atoms with Crippen molar-refractivity contribution in [1.82, 2.24) is 4.90 Å². The molecule has 0 N–H and O–H groups in total. The van der Waals surface area contributed by atoms with Crippen molar-refractivity contribution in [3.63, 3.8) is 0 Å². The highest BCUT2D eigenvalue weighted by Crippen LogP contribution is 2.34. The van der Waals surface area contributed by atoms with Gasteiger partial charge in [-0.2, -0.15) is 0 Å². The Hall–Kier alpha value is -2.90. The molecule has 0 aliphatic rings. The minimum Gasteiger partial charge on any atom is -0.306 e. The Morgan fingerprint density at radius 2 is 1.25 bits per heavy atom. The number of nitrogens with zero attached hydrogens (tertiary/aromatic N) is 1. The summed E-state index contributed by atoms with van der Waals surface area (Å²) in [6, 6.07) is 30.4. The molecule has 0 aliphatic heterocycles. The smallest absolute Gasteiger partial charge is 0.0160 e. The molecule has 1 heteroatoms. The largest absolute Gasteiger partial charge is 0.306 e. The predicted octanol–water partition coefficient (Wildman–Crippen LogP) is 6.63. The Bertz CT molecular complexity index is 917. The molecule has 0 spiro atoms. The van der Waals surface area contributed by atoms with Crippen LogP contribution in [0, 0.1) is 0 Å². The maximum atomic E-state index is 2.25. The third-order valence-electron chi connectivity index (χ3n) is 4.82. The summed E-state index contributed by atoms with van der Waals surface area (Å²) in [5.41, 5.74) is 7.74. The summed E-state index contributed by atoms with van der Waals surface area (Å²) in [4.78, 5) is 2.16. The van der Waals surface area contributed by atoms with E-state index in [1.54, 1.807) is 0 Å². The molecule has 142 valence electrons. The van der Waals surface area contributed by atoms with Crippen molar-refractivity contribution in [2.24, 2.45) is 0 Å². The van der Waals surface area contributed by atoms with Gasteiger partial charge in [0.2, 0.25) is 0 Å². The van der Waals surface area contributed by atoms with Crippen LogP contribution >= 0.6 is 0 Å². The molecule has 3 aromatic rings. The number of hydrogen-bond donors (Lipinski definition) is 0. The van der Waals surface area contributed by atoms with Crippen LogP contribution in [0.2, 0.25) is 0 Å². The van der Waals surface area contributed by atoms with E-state index in [2.05, 4.69) is 123 Å². The lowest BCUT2D eigenvalue weighted by Crippen LogP contribution is -2.10. The van der Waals surface area contributed by atoms with Crippen LogP contribution in [0.25, 0.3) is 17.2 Å². The molecule has 0 bridgehead atoms. The second kappa shape index (κ2) is 9.87. The van der Waals surface area contributed by atoms with Crippen molar-refractivity contribution in [1.29, 1.82) is 0 Å². The van der Waals surface area contributed by atoms with Crippen LogP contribution in [0.15, 0.2) is 91.0 Å². The highest BCUT2D eigenvalue weighted by Gasteiger charge is 2.12. The Labute approximate surface area is 169 Å². The SMILES string of the molecule is CCC(=C(c1ccccc1)c1ccc(C=CCN(C)C)cc1)c1ccccc1. The van der Waals surface area contributed by atoms with Gasteiger partial charge >= 0.3 is 0 Å². The van der Waals surface area contributed by atoms with Crippen molar-refractivity contribution >= 4 is 17.2 Å². The molecular formula is C27H29N. The van der Waals surface area contributed by atoms with Crippen molar-refractivity contribution in [3.05, 3.63) is 113 Å². The lowest BCUT2D eigenvalue weighted by Gasteiger charge is -2.16. The van der Waals surface area contributed by atoms with Crippen molar-refractivity contribution in [2.75, 3.05) is 20.6 Å². The molecule has 0 amide bonds. The summed E-state index contributed by atoms with van der Waals surface area (Å²) in [7, 11) is 4.17. The van der Waals surface area contributed by atoms with E-state index in [1.807, 2.05) is 0 Å². The molecule has 0 aliphatic carbocycles. The van der Waals surface area contributed by atoms with E-state index in [1.165, 1.54) is 33.4 Å². The quantitative estimate of drug-likeness (QED) is 0.424. The van der Waals surface area contributed by atoms with Gasteiger partial charge in [-0.3, -0.25) is 0 Å². The van der Waals surface area contributed by atoms with E-state index >= 15 is 0 Å². The zero-order chi connectivity index (χ0) is 19.8. The van der Waals surface area contributed by atoms with Gasteiger partial charge in [0.15, 0.2) is 0 Å². The first kappa shape index (κ1) is 19.9. The van der Waals surface area contributed by atoms with Gasteiger partial charge in [0.1, 0.15) is 0 Å². The highest BCUT2D eigenvalue weighted by atomic mass is 15.0. The van der Waals surface area contributed by atoms with Gasteiger partial charge in [0.25, 0.3) is 0 Å². The fraction of sp³-hybridized carbons (Fsp3) is 0.185. The third-order valence-corrected chi connectivity index (χ3v) is 4.82. The number of likely N-dealkylation sites (N-methyl/N-ethyl adjacent to an activating group) is 1. The topological polar surface area (TPSA) is 3.24 Å². The van der Waals surface area contributed by atoms with E-state index in [-0.39, 0.29) is 0 Å². The molecule has 0 saturated heterocycles. The van der Waals surface area contributed by atoms with E-state index in [0.717, 1.165) is 13.0 Å². The lowest BCUT2D eigenvalue weighted by molar-refractivity contribution is 0.457. The lowest BCUT2D eigenvalue weighted by atomic mass is 9.88. The van der Waals surface area contributed by atoms with E-state index < -0.39 is 0 Å². The average molecular weight is 368 g/mol. The zero-order valence-corrected chi connectivity index (χ0v) is 17.1. The van der Waals surface area contributed by atoms with Crippen LogP contribution in [-0.2, 0) is 0 Å². The molecule has 0 unspecified atom stereocenters. The zero-order valence-electron chi connectivity index (χ0n) is 17.1. The normalized spacial score (nSPS) is 12.4. The molecule has 0 saturated carbocycles. The monoisotopic (exact) mass is 367 g/mol. The van der Waals surface area contributed by atoms with Crippen LogP contribution in [0.3, 0.4) is 0 Å². The number of hydrogen-bond acceptors (Lipinski definition) is 1. The van der Waals surface area contributed by atoms with Gasteiger partial charge in [-0.1, -0.05) is 104 Å². The third kappa shape index (κ3) is 5.09. The first-order valence-electron chi connectivity index (χ1n) is 9.94.